The van der Waals surface area contributed by atoms with Crippen LogP contribution in [0.4, 0.5) is 5.69 Å². The molecule has 1 heterocycles. The fourth-order valence-electron chi connectivity index (χ4n) is 1.39. The van der Waals surface area contributed by atoms with Gasteiger partial charge in [-0.2, -0.15) is 0 Å². The molecule has 1 aliphatic rings. The lowest BCUT2D eigenvalue weighted by Crippen LogP contribution is -2.23. The largest absolute Gasteiger partial charge is 0.322 e. The van der Waals surface area contributed by atoms with Gasteiger partial charge in [0.15, 0.2) is 5.78 Å². The van der Waals surface area contributed by atoms with E-state index in [1.54, 1.807) is 24.3 Å². The highest BCUT2D eigenvalue weighted by Gasteiger charge is 2.22. The van der Waals surface area contributed by atoms with Gasteiger partial charge in [-0.05, 0) is 12.1 Å². The predicted molar refractivity (Wildman–Crippen MR) is 66.1 cm³/mol. The van der Waals surface area contributed by atoms with Crippen molar-refractivity contribution in [2.24, 2.45) is 4.99 Å². The maximum atomic E-state index is 11.8. The van der Waals surface area contributed by atoms with Gasteiger partial charge in [-0.3, -0.25) is 9.59 Å². The van der Waals surface area contributed by atoms with Gasteiger partial charge >= 0.3 is 0 Å². The minimum Gasteiger partial charge on any atom is -0.322 e. The van der Waals surface area contributed by atoms with Crippen molar-refractivity contribution >= 4 is 34.1 Å². The molecule has 86 valence electrons. The molecule has 0 atom stereocenters. The molecule has 0 saturated heterocycles. The molecule has 1 aromatic rings. The van der Waals surface area contributed by atoms with E-state index in [1.165, 1.54) is 6.20 Å². The number of benzene rings is 1. The zero-order chi connectivity index (χ0) is 12.3. The summed E-state index contributed by atoms with van der Waals surface area (Å²) in [4.78, 5) is 27.1. The number of nitrogens with one attached hydrogen (secondary N) is 1. The molecule has 2 rings (SSSR count). The zero-order valence-corrected chi connectivity index (χ0v) is 9.57. The SMILES string of the molecule is O=C1CC(Cl)=NC=C1C(=O)Nc1ccccc1. The average Bonchev–Trinajstić information content (AvgIpc) is 2.30. The van der Waals surface area contributed by atoms with Crippen molar-refractivity contribution in [2.75, 3.05) is 5.32 Å². The van der Waals surface area contributed by atoms with Crippen molar-refractivity contribution in [2.45, 2.75) is 6.42 Å². The molecular formula is C12H9ClN2O2. The Labute approximate surface area is 103 Å². The second kappa shape index (κ2) is 4.93. The number of carbonyl (C=O) groups is 2. The number of aliphatic imine (C=N–C) groups is 1. The third kappa shape index (κ3) is 2.79. The van der Waals surface area contributed by atoms with E-state index in [1.807, 2.05) is 6.07 Å². The maximum Gasteiger partial charge on any atom is 0.260 e. The molecule has 4 nitrogen and oxygen atoms in total. The third-order valence-electron chi connectivity index (χ3n) is 2.22. The molecule has 0 bridgehead atoms. The summed E-state index contributed by atoms with van der Waals surface area (Å²) in [5, 5.41) is 2.82. The standard InChI is InChI=1S/C12H9ClN2O2/c13-11-6-10(16)9(7-14-11)12(17)15-8-4-2-1-3-5-8/h1-5,7H,6H2,(H,15,17). The van der Waals surface area contributed by atoms with Crippen LogP contribution in [0.3, 0.4) is 0 Å². The van der Waals surface area contributed by atoms with Crippen LogP contribution in [0, 0.1) is 0 Å². The Balaban J connectivity index is 2.14. The Morgan fingerprint density at radius 2 is 2.00 bits per heavy atom. The number of anilines is 1. The molecule has 1 N–H and O–H groups in total. The Hall–Kier alpha value is -1.94. The minimum absolute atomic E-state index is 0.0183. The van der Waals surface area contributed by atoms with Crippen LogP contribution in [0.2, 0.25) is 0 Å². The number of halogens is 1. The van der Waals surface area contributed by atoms with E-state index in [0.717, 1.165) is 0 Å². The Morgan fingerprint density at radius 3 is 2.65 bits per heavy atom. The van der Waals surface area contributed by atoms with Gasteiger partial charge in [0.05, 0.1) is 6.42 Å². The molecule has 1 amide bonds. The monoisotopic (exact) mass is 248 g/mol. The Bertz CT molecular complexity index is 521. The van der Waals surface area contributed by atoms with Crippen LogP contribution in [-0.4, -0.2) is 16.9 Å². The molecule has 0 unspecified atom stereocenters. The number of carbonyl (C=O) groups excluding carboxylic acids is 2. The highest BCUT2D eigenvalue weighted by Crippen LogP contribution is 2.14. The summed E-state index contributed by atoms with van der Waals surface area (Å²) in [6.45, 7) is 0. The molecule has 0 radical (unpaired) electrons. The van der Waals surface area contributed by atoms with E-state index in [4.69, 9.17) is 11.6 Å². The number of amides is 1. The van der Waals surface area contributed by atoms with Crippen molar-refractivity contribution in [1.29, 1.82) is 0 Å². The summed E-state index contributed by atoms with van der Waals surface area (Å²) in [5.41, 5.74) is 0.658. The average molecular weight is 249 g/mol. The van der Waals surface area contributed by atoms with Gasteiger partial charge in [-0.15, -0.1) is 0 Å². The summed E-state index contributed by atoms with van der Waals surface area (Å²) in [6, 6.07) is 8.90. The number of para-hydroxylation sites is 1. The summed E-state index contributed by atoms with van der Waals surface area (Å²) >= 11 is 5.59. The minimum atomic E-state index is -0.464. The molecule has 0 fully saturated rings. The molecule has 0 spiro atoms. The van der Waals surface area contributed by atoms with Gasteiger partial charge in [-0.1, -0.05) is 29.8 Å². The topological polar surface area (TPSA) is 58.5 Å². The normalized spacial score (nSPS) is 15.0. The van der Waals surface area contributed by atoms with E-state index in [-0.39, 0.29) is 22.9 Å². The summed E-state index contributed by atoms with van der Waals surface area (Å²) in [7, 11) is 0. The van der Waals surface area contributed by atoms with E-state index in [9.17, 15) is 9.59 Å². The smallest absolute Gasteiger partial charge is 0.260 e. The van der Waals surface area contributed by atoms with E-state index < -0.39 is 5.91 Å². The molecule has 1 aromatic carbocycles. The zero-order valence-electron chi connectivity index (χ0n) is 8.81. The predicted octanol–water partition coefficient (Wildman–Crippen LogP) is 2.12. The maximum absolute atomic E-state index is 11.8. The van der Waals surface area contributed by atoms with E-state index in [2.05, 4.69) is 10.3 Å². The number of hydrogen-bond donors (Lipinski definition) is 1. The molecule has 0 aromatic heterocycles. The van der Waals surface area contributed by atoms with Crippen molar-refractivity contribution in [3.05, 3.63) is 42.1 Å². The lowest BCUT2D eigenvalue weighted by atomic mass is 10.1. The van der Waals surface area contributed by atoms with Gasteiger partial charge in [0.2, 0.25) is 0 Å². The molecule has 5 heteroatoms. The number of Topliss-reactive ketones (excluding diaryl/α,β-unsaturated/α-hetero) is 1. The molecule has 0 saturated carbocycles. The van der Waals surface area contributed by atoms with Crippen LogP contribution in [0.5, 0.6) is 0 Å². The van der Waals surface area contributed by atoms with Gasteiger partial charge in [0, 0.05) is 11.9 Å². The van der Waals surface area contributed by atoms with Crippen molar-refractivity contribution in [3.63, 3.8) is 0 Å². The van der Waals surface area contributed by atoms with Crippen LogP contribution < -0.4 is 5.32 Å². The first-order valence-electron chi connectivity index (χ1n) is 4.99. The van der Waals surface area contributed by atoms with Gasteiger partial charge < -0.3 is 5.32 Å². The number of hydrogen-bond acceptors (Lipinski definition) is 3. The fourth-order valence-corrected chi connectivity index (χ4v) is 1.56. The van der Waals surface area contributed by atoms with Crippen LogP contribution in [0.25, 0.3) is 0 Å². The molecule has 17 heavy (non-hydrogen) atoms. The highest BCUT2D eigenvalue weighted by atomic mass is 35.5. The van der Waals surface area contributed by atoms with E-state index >= 15 is 0 Å². The number of nitrogens with zero attached hydrogens (tertiary/aromatic N) is 1. The van der Waals surface area contributed by atoms with Crippen LogP contribution in [0.15, 0.2) is 47.1 Å². The summed E-state index contributed by atoms with van der Waals surface area (Å²) in [5.74, 6) is -0.785. The van der Waals surface area contributed by atoms with E-state index in [0.29, 0.717) is 5.69 Å². The van der Waals surface area contributed by atoms with Crippen molar-refractivity contribution < 1.29 is 9.59 Å². The van der Waals surface area contributed by atoms with Gasteiger partial charge in [0.25, 0.3) is 5.91 Å². The summed E-state index contributed by atoms with van der Waals surface area (Å²) in [6.07, 6.45) is 1.18. The van der Waals surface area contributed by atoms with Crippen LogP contribution in [-0.2, 0) is 9.59 Å². The summed E-state index contributed by atoms with van der Waals surface area (Å²) < 4.78 is 0. The Morgan fingerprint density at radius 1 is 1.29 bits per heavy atom. The quantitative estimate of drug-likeness (QED) is 0.815. The molecule has 1 aliphatic heterocycles. The molecular weight excluding hydrogens is 240 g/mol. The highest BCUT2D eigenvalue weighted by molar-refractivity contribution is 6.67. The number of ketones is 1. The molecule has 0 aliphatic carbocycles. The fraction of sp³-hybridized carbons (Fsp3) is 0.0833. The first-order valence-corrected chi connectivity index (χ1v) is 5.36. The van der Waals surface area contributed by atoms with Crippen LogP contribution in [0.1, 0.15) is 6.42 Å². The Kier molecular flexibility index (Phi) is 3.35. The third-order valence-corrected chi connectivity index (χ3v) is 2.45. The first kappa shape index (κ1) is 11.5. The first-order chi connectivity index (χ1) is 8.16. The van der Waals surface area contributed by atoms with Crippen molar-refractivity contribution in [1.82, 2.24) is 0 Å². The van der Waals surface area contributed by atoms with Gasteiger partial charge in [0.1, 0.15) is 10.7 Å². The van der Waals surface area contributed by atoms with Gasteiger partial charge in [-0.25, -0.2) is 4.99 Å². The lowest BCUT2D eigenvalue weighted by molar-refractivity contribution is -0.119. The second-order valence-electron chi connectivity index (χ2n) is 3.47. The van der Waals surface area contributed by atoms with Crippen molar-refractivity contribution in [3.8, 4) is 0 Å². The number of rotatable bonds is 2. The van der Waals surface area contributed by atoms with Crippen LogP contribution >= 0.6 is 11.6 Å². The lowest BCUT2D eigenvalue weighted by Gasteiger charge is -2.09. The second-order valence-corrected chi connectivity index (χ2v) is 3.90.